The number of allylic oxidation sites excluding steroid dienone is 1. The summed E-state index contributed by atoms with van der Waals surface area (Å²) in [7, 11) is 0. The molecule has 3 aromatic rings. The van der Waals surface area contributed by atoms with Gasteiger partial charge in [-0.3, -0.25) is 0 Å². The molecular formula is C19H15BrO. The lowest BCUT2D eigenvalue weighted by atomic mass is 10.0. The van der Waals surface area contributed by atoms with Gasteiger partial charge in [0.15, 0.2) is 0 Å². The van der Waals surface area contributed by atoms with Gasteiger partial charge in [0.1, 0.15) is 11.3 Å². The van der Waals surface area contributed by atoms with E-state index in [1.807, 2.05) is 37.3 Å². The Labute approximate surface area is 132 Å². The molecule has 0 bridgehead atoms. The van der Waals surface area contributed by atoms with Crippen molar-refractivity contribution < 1.29 is 4.42 Å². The van der Waals surface area contributed by atoms with Gasteiger partial charge in [0.05, 0.1) is 0 Å². The molecule has 0 saturated heterocycles. The maximum Gasteiger partial charge on any atom is 0.143 e. The van der Waals surface area contributed by atoms with Crippen molar-refractivity contribution in [3.63, 3.8) is 0 Å². The number of furan rings is 1. The molecule has 0 N–H and O–H groups in total. The first-order chi connectivity index (χ1) is 10.2. The largest absolute Gasteiger partial charge is 0.455 e. The van der Waals surface area contributed by atoms with Crippen LogP contribution in [0.5, 0.6) is 0 Å². The maximum absolute atomic E-state index is 6.08. The van der Waals surface area contributed by atoms with Crippen LogP contribution in [0.4, 0.5) is 0 Å². The van der Waals surface area contributed by atoms with Crippen LogP contribution in [-0.2, 0) is 0 Å². The van der Waals surface area contributed by atoms with E-state index >= 15 is 0 Å². The average molecular weight is 339 g/mol. The van der Waals surface area contributed by atoms with E-state index in [1.54, 1.807) is 0 Å². The molecule has 0 aliphatic heterocycles. The third kappa shape index (κ3) is 2.47. The Morgan fingerprint density at radius 3 is 2.67 bits per heavy atom. The zero-order valence-electron chi connectivity index (χ0n) is 11.8. The van der Waals surface area contributed by atoms with Gasteiger partial charge in [-0.25, -0.2) is 0 Å². The van der Waals surface area contributed by atoms with Gasteiger partial charge in [-0.05, 0) is 30.7 Å². The summed E-state index contributed by atoms with van der Waals surface area (Å²) in [5.41, 5.74) is 4.16. The van der Waals surface area contributed by atoms with Crippen molar-refractivity contribution in [2.45, 2.75) is 6.92 Å². The van der Waals surface area contributed by atoms with Crippen LogP contribution in [0.1, 0.15) is 18.2 Å². The second-order valence-corrected chi connectivity index (χ2v) is 5.69. The van der Waals surface area contributed by atoms with Crippen LogP contribution in [0.25, 0.3) is 34.2 Å². The molecule has 2 aromatic carbocycles. The third-order valence-electron chi connectivity index (χ3n) is 3.44. The average Bonchev–Trinajstić information content (AvgIpc) is 2.84. The Balaban J connectivity index is 2.32. The molecule has 0 aliphatic rings. The van der Waals surface area contributed by atoms with Gasteiger partial charge in [-0.15, -0.1) is 0 Å². The van der Waals surface area contributed by atoms with Gasteiger partial charge in [0.25, 0.3) is 0 Å². The molecule has 0 unspecified atom stereocenters. The van der Waals surface area contributed by atoms with E-state index in [2.05, 4.69) is 52.8 Å². The number of para-hydroxylation sites is 1. The zero-order valence-corrected chi connectivity index (χ0v) is 13.4. The summed E-state index contributed by atoms with van der Waals surface area (Å²) in [6.45, 7) is 5.89. The molecule has 0 aliphatic carbocycles. The van der Waals surface area contributed by atoms with E-state index in [0.29, 0.717) is 0 Å². The molecule has 3 rings (SSSR count). The summed E-state index contributed by atoms with van der Waals surface area (Å²) in [6.07, 6.45) is 5.80. The van der Waals surface area contributed by atoms with E-state index in [-0.39, 0.29) is 0 Å². The first kappa shape index (κ1) is 13.9. The Kier molecular flexibility index (Phi) is 3.80. The van der Waals surface area contributed by atoms with Crippen molar-refractivity contribution >= 4 is 39.1 Å². The van der Waals surface area contributed by atoms with Crippen molar-refractivity contribution in [3.8, 4) is 11.1 Å². The summed E-state index contributed by atoms with van der Waals surface area (Å²) in [5.74, 6) is 0.852. The van der Waals surface area contributed by atoms with Crippen molar-refractivity contribution in [3.05, 3.63) is 70.9 Å². The molecule has 2 heteroatoms. The quantitative estimate of drug-likeness (QED) is 0.528. The van der Waals surface area contributed by atoms with Gasteiger partial charge in [-0.1, -0.05) is 65.0 Å². The van der Waals surface area contributed by atoms with Crippen LogP contribution in [0.3, 0.4) is 0 Å². The van der Waals surface area contributed by atoms with Gasteiger partial charge < -0.3 is 4.42 Å². The minimum Gasteiger partial charge on any atom is -0.455 e. The molecule has 1 nitrogen and oxygen atoms in total. The fraction of sp³-hybridized carbons (Fsp3) is 0.0526. The predicted octanol–water partition coefficient (Wildman–Crippen LogP) is 6.54. The summed E-state index contributed by atoms with van der Waals surface area (Å²) < 4.78 is 7.14. The molecular weight excluding hydrogens is 324 g/mol. The van der Waals surface area contributed by atoms with Gasteiger partial charge in [-0.2, -0.15) is 0 Å². The molecule has 0 atom stereocenters. The molecule has 1 aromatic heterocycles. The molecule has 0 spiro atoms. The second-order valence-electron chi connectivity index (χ2n) is 4.78. The van der Waals surface area contributed by atoms with E-state index in [0.717, 1.165) is 37.9 Å². The molecule has 0 radical (unpaired) electrons. The highest BCUT2D eigenvalue weighted by atomic mass is 79.9. The Bertz CT molecular complexity index is 840. The van der Waals surface area contributed by atoms with Crippen LogP contribution in [0, 0.1) is 0 Å². The molecule has 0 saturated carbocycles. The number of rotatable bonds is 3. The van der Waals surface area contributed by atoms with Crippen LogP contribution < -0.4 is 0 Å². The summed E-state index contributed by atoms with van der Waals surface area (Å²) in [5, 5.41) is 1.09. The molecule has 1 heterocycles. The SMILES string of the molecule is C=Cc1c(/C=C\C)oc2c(-c3cccc(Br)c3)cccc12. The number of hydrogen-bond acceptors (Lipinski definition) is 1. The lowest BCUT2D eigenvalue weighted by Crippen LogP contribution is -1.79. The van der Waals surface area contributed by atoms with Crippen molar-refractivity contribution in [1.82, 2.24) is 0 Å². The lowest BCUT2D eigenvalue weighted by molar-refractivity contribution is 0.604. The molecule has 21 heavy (non-hydrogen) atoms. The fourth-order valence-corrected chi connectivity index (χ4v) is 2.93. The topological polar surface area (TPSA) is 13.1 Å². The van der Waals surface area contributed by atoms with Crippen LogP contribution in [-0.4, -0.2) is 0 Å². The lowest BCUT2D eigenvalue weighted by Gasteiger charge is -2.03. The smallest absolute Gasteiger partial charge is 0.143 e. The summed E-state index contributed by atoms with van der Waals surface area (Å²) >= 11 is 3.52. The van der Waals surface area contributed by atoms with Crippen LogP contribution in [0.2, 0.25) is 0 Å². The van der Waals surface area contributed by atoms with E-state index in [4.69, 9.17) is 4.42 Å². The highest BCUT2D eigenvalue weighted by molar-refractivity contribution is 9.10. The molecule has 0 amide bonds. The normalized spacial score (nSPS) is 11.3. The zero-order chi connectivity index (χ0) is 14.8. The minimum absolute atomic E-state index is 0.852. The number of fused-ring (bicyclic) bond motifs is 1. The van der Waals surface area contributed by atoms with Crippen LogP contribution >= 0.6 is 15.9 Å². The first-order valence-electron chi connectivity index (χ1n) is 6.81. The number of halogens is 1. The second kappa shape index (κ2) is 5.74. The van der Waals surface area contributed by atoms with Crippen molar-refractivity contribution in [1.29, 1.82) is 0 Å². The van der Waals surface area contributed by atoms with E-state index in [1.165, 1.54) is 0 Å². The van der Waals surface area contributed by atoms with Gasteiger partial charge >= 0.3 is 0 Å². The Hall–Kier alpha value is -2.06. The van der Waals surface area contributed by atoms with Crippen LogP contribution in [0.15, 0.2) is 64.0 Å². The first-order valence-corrected chi connectivity index (χ1v) is 7.60. The highest BCUT2D eigenvalue weighted by Crippen LogP contribution is 2.35. The standard InChI is InChI=1S/C19H15BrO/c1-3-7-18-15(4-2)17-11-6-10-16(19(17)21-18)13-8-5-9-14(20)12-13/h3-12H,2H2,1H3/b7-3-. The Morgan fingerprint density at radius 1 is 1.14 bits per heavy atom. The number of hydrogen-bond donors (Lipinski definition) is 0. The molecule has 0 fully saturated rings. The number of benzene rings is 2. The summed E-state index contributed by atoms with van der Waals surface area (Å²) in [4.78, 5) is 0. The Morgan fingerprint density at radius 2 is 1.95 bits per heavy atom. The fourth-order valence-electron chi connectivity index (χ4n) is 2.53. The maximum atomic E-state index is 6.08. The van der Waals surface area contributed by atoms with E-state index in [9.17, 15) is 0 Å². The van der Waals surface area contributed by atoms with Crippen molar-refractivity contribution in [2.75, 3.05) is 0 Å². The predicted molar refractivity (Wildman–Crippen MR) is 94.1 cm³/mol. The summed E-state index contributed by atoms with van der Waals surface area (Å²) in [6, 6.07) is 14.4. The molecule has 104 valence electrons. The van der Waals surface area contributed by atoms with E-state index < -0.39 is 0 Å². The minimum atomic E-state index is 0.852. The van der Waals surface area contributed by atoms with Gasteiger partial charge in [0, 0.05) is 21.0 Å². The monoisotopic (exact) mass is 338 g/mol. The van der Waals surface area contributed by atoms with Crippen molar-refractivity contribution in [2.24, 2.45) is 0 Å². The third-order valence-corrected chi connectivity index (χ3v) is 3.93. The van der Waals surface area contributed by atoms with Gasteiger partial charge in [0.2, 0.25) is 0 Å². The highest BCUT2D eigenvalue weighted by Gasteiger charge is 2.13.